The molecule has 0 unspecified atom stereocenters. The van der Waals surface area contributed by atoms with E-state index in [1.165, 1.54) is 11.3 Å². The molecule has 1 aliphatic rings. The number of ketones is 1. The van der Waals surface area contributed by atoms with E-state index < -0.39 is 0 Å². The Bertz CT molecular complexity index is 331. The second kappa shape index (κ2) is 4.43. The Morgan fingerprint density at radius 3 is 2.71 bits per heavy atom. The highest BCUT2D eigenvalue weighted by Crippen LogP contribution is 2.26. The van der Waals surface area contributed by atoms with E-state index in [2.05, 4.69) is 5.32 Å². The molecule has 1 fully saturated rings. The van der Waals surface area contributed by atoms with Gasteiger partial charge in [0.15, 0.2) is 5.78 Å². The van der Waals surface area contributed by atoms with Crippen LogP contribution in [0.5, 0.6) is 0 Å². The van der Waals surface area contributed by atoms with Crippen LogP contribution in [-0.4, -0.2) is 18.9 Å². The summed E-state index contributed by atoms with van der Waals surface area (Å²) in [5.74, 6) is 0.467. The number of hydrogen-bond acceptors (Lipinski definition) is 3. The van der Waals surface area contributed by atoms with Crippen molar-refractivity contribution in [3.8, 4) is 0 Å². The van der Waals surface area contributed by atoms with Crippen molar-refractivity contribution in [3.05, 3.63) is 21.3 Å². The van der Waals surface area contributed by atoms with Gasteiger partial charge in [0, 0.05) is 5.92 Å². The predicted molar refractivity (Wildman–Crippen MR) is 59.3 cm³/mol. The lowest BCUT2D eigenvalue weighted by molar-refractivity contribution is 0.0899. The summed E-state index contributed by atoms with van der Waals surface area (Å²) >= 11 is 7.18. The lowest BCUT2D eigenvalue weighted by Crippen LogP contribution is -2.31. The molecular weight excluding hydrogens is 218 g/mol. The van der Waals surface area contributed by atoms with Gasteiger partial charge in [-0.2, -0.15) is 0 Å². The van der Waals surface area contributed by atoms with Crippen LogP contribution in [0.2, 0.25) is 4.34 Å². The largest absolute Gasteiger partial charge is 0.317 e. The van der Waals surface area contributed by atoms with E-state index in [0.717, 1.165) is 30.8 Å². The van der Waals surface area contributed by atoms with Gasteiger partial charge in [0.25, 0.3) is 0 Å². The molecule has 1 aromatic heterocycles. The van der Waals surface area contributed by atoms with Gasteiger partial charge in [-0.25, -0.2) is 0 Å². The maximum atomic E-state index is 11.9. The smallest absolute Gasteiger partial charge is 0.175 e. The lowest BCUT2D eigenvalue weighted by Gasteiger charge is -2.20. The maximum Gasteiger partial charge on any atom is 0.175 e. The molecule has 0 atom stereocenters. The zero-order chi connectivity index (χ0) is 9.97. The number of hydrogen-bond donors (Lipinski definition) is 1. The van der Waals surface area contributed by atoms with Gasteiger partial charge in [-0.15, -0.1) is 11.3 Å². The summed E-state index contributed by atoms with van der Waals surface area (Å²) in [6, 6.07) is 3.62. The first-order chi connectivity index (χ1) is 6.77. The van der Waals surface area contributed by atoms with Crippen LogP contribution >= 0.6 is 22.9 Å². The maximum absolute atomic E-state index is 11.9. The second-order valence-electron chi connectivity index (χ2n) is 3.49. The Morgan fingerprint density at radius 1 is 1.43 bits per heavy atom. The summed E-state index contributed by atoms with van der Waals surface area (Å²) in [6.07, 6.45) is 1.91. The number of piperidine rings is 1. The Labute approximate surface area is 92.3 Å². The molecule has 0 bridgehead atoms. The van der Waals surface area contributed by atoms with Crippen LogP contribution in [0, 0.1) is 5.92 Å². The molecule has 1 aromatic rings. The van der Waals surface area contributed by atoms with Crippen LogP contribution in [-0.2, 0) is 0 Å². The Hall–Kier alpha value is -0.380. The van der Waals surface area contributed by atoms with Crippen LogP contribution in [0.4, 0.5) is 0 Å². The minimum Gasteiger partial charge on any atom is -0.317 e. The van der Waals surface area contributed by atoms with Crippen molar-refractivity contribution in [3.63, 3.8) is 0 Å². The lowest BCUT2D eigenvalue weighted by atomic mass is 9.93. The van der Waals surface area contributed by atoms with Crippen molar-refractivity contribution in [2.45, 2.75) is 12.8 Å². The summed E-state index contributed by atoms with van der Waals surface area (Å²) in [6.45, 7) is 1.91. The minimum atomic E-state index is 0.200. The summed E-state index contributed by atoms with van der Waals surface area (Å²) in [5, 5.41) is 3.25. The molecule has 1 aliphatic heterocycles. The van der Waals surface area contributed by atoms with Gasteiger partial charge in [0.1, 0.15) is 0 Å². The summed E-state index contributed by atoms with van der Waals surface area (Å²) in [5.41, 5.74) is 0. The van der Waals surface area contributed by atoms with Crippen molar-refractivity contribution in [2.24, 2.45) is 5.92 Å². The van der Waals surface area contributed by atoms with Gasteiger partial charge < -0.3 is 5.32 Å². The van der Waals surface area contributed by atoms with Crippen LogP contribution in [0.1, 0.15) is 22.5 Å². The molecule has 0 spiro atoms. The van der Waals surface area contributed by atoms with Gasteiger partial charge >= 0.3 is 0 Å². The average Bonchev–Trinajstić information content (AvgIpc) is 2.65. The van der Waals surface area contributed by atoms with Crippen LogP contribution in [0.25, 0.3) is 0 Å². The zero-order valence-electron chi connectivity index (χ0n) is 7.75. The number of carbonyl (C=O) groups excluding carboxylic acids is 1. The van der Waals surface area contributed by atoms with Crippen LogP contribution in [0.15, 0.2) is 12.1 Å². The monoisotopic (exact) mass is 229 g/mol. The third-order valence-corrected chi connectivity index (χ3v) is 3.77. The first-order valence-corrected chi connectivity index (χ1v) is 5.97. The van der Waals surface area contributed by atoms with E-state index in [0.29, 0.717) is 4.34 Å². The third kappa shape index (κ3) is 2.16. The zero-order valence-corrected chi connectivity index (χ0v) is 9.33. The third-order valence-electron chi connectivity index (χ3n) is 2.53. The van der Waals surface area contributed by atoms with E-state index in [4.69, 9.17) is 11.6 Å². The molecule has 1 saturated heterocycles. The number of thiophene rings is 1. The first kappa shape index (κ1) is 10.1. The Morgan fingerprint density at radius 2 is 2.14 bits per heavy atom. The Kier molecular flexibility index (Phi) is 3.21. The normalized spacial score (nSPS) is 18.4. The fraction of sp³-hybridized carbons (Fsp3) is 0.500. The average molecular weight is 230 g/mol. The number of nitrogens with one attached hydrogen (secondary N) is 1. The molecule has 2 heterocycles. The van der Waals surface area contributed by atoms with Crippen molar-refractivity contribution >= 4 is 28.7 Å². The van der Waals surface area contributed by atoms with E-state index in [9.17, 15) is 4.79 Å². The highest BCUT2D eigenvalue weighted by Gasteiger charge is 2.23. The van der Waals surface area contributed by atoms with Gasteiger partial charge in [-0.05, 0) is 38.1 Å². The molecule has 76 valence electrons. The van der Waals surface area contributed by atoms with Gasteiger partial charge in [0.2, 0.25) is 0 Å². The summed E-state index contributed by atoms with van der Waals surface area (Å²) < 4.78 is 0.697. The molecule has 2 nitrogen and oxygen atoms in total. The van der Waals surface area contributed by atoms with E-state index >= 15 is 0 Å². The summed E-state index contributed by atoms with van der Waals surface area (Å²) in [4.78, 5) is 12.7. The van der Waals surface area contributed by atoms with Crippen molar-refractivity contribution in [1.82, 2.24) is 5.32 Å². The molecule has 0 aromatic carbocycles. The number of halogens is 1. The topological polar surface area (TPSA) is 29.1 Å². The molecular formula is C10H12ClNOS. The number of Topliss-reactive ketones (excluding diaryl/α,β-unsaturated/α-hetero) is 1. The standard InChI is InChI=1S/C10H12ClNOS/c11-9-2-1-8(14-9)10(13)7-3-5-12-6-4-7/h1-2,7,12H,3-6H2. The molecule has 14 heavy (non-hydrogen) atoms. The van der Waals surface area contributed by atoms with E-state index in [1.54, 1.807) is 6.07 Å². The minimum absolute atomic E-state index is 0.200. The molecule has 1 N–H and O–H groups in total. The SMILES string of the molecule is O=C(c1ccc(Cl)s1)C1CCNCC1. The van der Waals surface area contributed by atoms with Crippen LogP contribution in [0.3, 0.4) is 0 Å². The molecule has 0 radical (unpaired) electrons. The highest BCUT2D eigenvalue weighted by molar-refractivity contribution is 7.18. The molecule has 0 aliphatic carbocycles. The van der Waals surface area contributed by atoms with Gasteiger partial charge in [0.05, 0.1) is 9.21 Å². The van der Waals surface area contributed by atoms with E-state index in [-0.39, 0.29) is 11.7 Å². The van der Waals surface area contributed by atoms with Crippen molar-refractivity contribution in [2.75, 3.05) is 13.1 Å². The predicted octanol–water partition coefficient (Wildman–Crippen LogP) is 2.58. The van der Waals surface area contributed by atoms with E-state index in [1.807, 2.05) is 6.07 Å². The fourth-order valence-electron chi connectivity index (χ4n) is 1.73. The molecule has 2 rings (SSSR count). The first-order valence-electron chi connectivity index (χ1n) is 4.77. The number of carbonyl (C=O) groups is 1. The molecule has 4 heteroatoms. The molecule has 0 amide bonds. The second-order valence-corrected chi connectivity index (χ2v) is 5.21. The summed E-state index contributed by atoms with van der Waals surface area (Å²) in [7, 11) is 0. The van der Waals surface area contributed by atoms with Crippen molar-refractivity contribution in [1.29, 1.82) is 0 Å². The van der Waals surface area contributed by atoms with Gasteiger partial charge in [-0.1, -0.05) is 11.6 Å². The fourth-order valence-corrected chi connectivity index (χ4v) is 2.79. The highest BCUT2D eigenvalue weighted by atomic mass is 35.5. The number of rotatable bonds is 2. The van der Waals surface area contributed by atoms with Crippen molar-refractivity contribution < 1.29 is 4.79 Å². The van der Waals surface area contributed by atoms with Crippen LogP contribution < -0.4 is 5.32 Å². The molecule has 0 saturated carbocycles. The Balaban J connectivity index is 2.07. The van der Waals surface area contributed by atoms with Gasteiger partial charge in [-0.3, -0.25) is 4.79 Å². The quantitative estimate of drug-likeness (QED) is 0.790.